The van der Waals surface area contributed by atoms with Crippen LogP contribution in [0.4, 0.5) is 0 Å². The summed E-state index contributed by atoms with van der Waals surface area (Å²) in [6.07, 6.45) is 5.55. The maximum Gasteiger partial charge on any atom is 0.00355 e. The second-order valence-electron chi connectivity index (χ2n) is 5.67. The first-order valence-electron chi connectivity index (χ1n) is 7.06. The van der Waals surface area contributed by atoms with Crippen LogP contribution in [0.3, 0.4) is 0 Å². The highest BCUT2D eigenvalue weighted by Gasteiger charge is 2.19. The average Bonchev–Trinajstić information content (AvgIpc) is 2.26. The van der Waals surface area contributed by atoms with E-state index in [1.54, 1.807) is 0 Å². The van der Waals surface area contributed by atoms with Gasteiger partial charge >= 0.3 is 0 Å². The third-order valence-electron chi connectivity index (χ3n) is 3.91. The molecule has 0 aromatic rings. The van der Waals surface area contributed by atoms with Gasteiger partial charge in [0.2, 0.25) is 0 Å². The normalized spacial score (nSPS) is 23.2. The lowest BCUT2D eigenvalue weighted by Crippen LogP contribution is -2.37. The van der Waals surface area contributed by atoms with Crippen molar-refractivity contribution in [1.29, 1.82) is 0 Å². The van der Waals surface area contributed by atoms with Gasteiger partial charge in [-0.05, 0) is 72.1 Å². The Morgan fingerprint density at radius 1 is 1.38 bits per heavy atom. The minimum atomic E-state index is 0.690. The molecule has 1 saturated heterocycles. The van der Waals surface area contributed by atoms with Crippen LogP contribution in [0.1, 0.15) is 46.5 Å². The molecule has 0 bridgehead atoms. The van der Waals surface area contributed by atoms with Crippen LogP contribution in [0.15, 0.2) is 0 Å². The molecule has 1 aliphatic rings. The monoisotopic (exact) mass is 226 g/mol. The van der Waals surface area contributed by atoms with E-state index in [9.17, 15) is 0 Å². The Hall–Kier alpha value is -0.0800. The fourth-order valence-corrected chi connectivity index (χ4v) is 2.55. The first-order chi connectivity index (χ1) is 7.63. The Labute approximate surface area is 102 Å². The van der Waals surface area contributed by atoms with Gasteiger partial charge in [0.15, 0.2) is 0 Å². The summed E-state index contributed by atoms with van der Waals surface area (Å²) >= 11 is 0. The summed E-state index contributed by atoms with van der Waals surface area (Å²) in [5, 5.41) is 0. The molecule has 1 heterocycles. The van der Waals surface area contributed by atoms with Crippen molar-refractivity contribution in [2.45, 2.75) is 52.5 Å². The Kier molecular flexibility index (Phi) is 6.37. The number of hydrogen-bond donors (Lipinski definition) is 0. The molecule has 16 heavy (non-hydrogen) atoms. The molecule has 2 nitrogen and oxygen atoms in total. The minimum Gasteiger partial charge on any atom is -0.304 e. The van der Waals surface area contributed by atoms with Gasteiger partial charge in [0.1, 0.15) is 0 Å². The zero-order valence-corrected chi connectivity index (χ0v) is 11.7. The molecule has 0 N–H and O–H groups in total. The Morgan fingerprint density at radius 2 is 2.12 bits per heavy atom. The largest absolute Gasteiger partial charge is 0.304 e. The number of likely N-dealkylation sites (tertiary alicyclic amines) is 1. The van der Waals surface area contributed by atoms with E-state index in [-0.39, 0.29) is 0 Å². The van der Waals surface area contributed by atoms with Crippen molar-refractivity contribution in [3.63, 3.8) is 0 Å². The average molecular weight is 226 g/mol. The first-order valence-corrected chi connectivity index (χ1v) is 7.06. The van der Waals surface area contributed by atoms with Crippen LogP contribution in [-0.4, -0.2) is 49.1 Å². The molecule has 0 aliphatic carbocycles. The summed E-state index contributed by atoms with van der Waals surface area (Å²) in [6, 6.07) is 0.690. The van der Waals surface area contributed by atoms with Crippen LogP contribution in [0.5, 0.6) is 0 Å². The minimum absolute atomic E-state index is 0.690. The van der Waals surface area contributed by atoms with Gasteiger partial charge in [0.05, 0.1) is 0 Å². The molecule has 1 aliphatic heterocycles. The van der Waals surface area contributed by atoms with Gasteiger partial charge in [-0.1, -0.05) is 6.92 Å². The lowest BCUT2D eigenvalue weighted by atomic mass is 9.94. The van der Waals surface area contributed by atoms with Gasteiger partial charge in [-0.3, -0.25) is 0 Å². The van der Waals surface area contributed by atoms with Gasteiger partial charge in [-0.25, -0.2) is 0 Å². The van der Waals surface area contributed by atoms with E-state index < -0.39 is 0 Å². The van der Waals surface area contributed by atoms with Crippen molar-refractivity contribution in [2.75, 3.05) is 33.2 Å². The third kappa shape index (κ3) is 4.84. The molecule has 1 atom stereocenters. The van der Waals surface area contributed by atoms with Crippen LogP contribution in [0, 0.1) is 5.92 Å². The molecular formula is C14H30N2. The molecule has 96 valence electrons. The highest BCUT2D eigenvalue weighted by molar-refractivity contribution is 4.74. The topological polar surface area (TPSA) is 6.48 Å². The number of nitrogens with zero attached hydrogens (tertiary/aromatic N) is 2. The lowest BCUT2D eigenvalue weighted by molar-refractivity contribution is 0.153. The second-order valence-corrected chi connectivity index (χ2v) is 5.67. The van der Waals surface area contributed by atoms with Crippen LogP contribution < -0.4 is 0 Å². The zero-order chi connectivity index (χ0) is 12.0. The maximum atomic E-state index is 2.66. The SMILES string of the molecule is CCCN1CCCC(CCN(C)C(C)C)C1. The maximum absolute atomic E-state index is 2.66. The highest BCUT2D eigenvalue weighted by atomic mass is 15.1. The molecule has 2 heteroatoms. The number of rotatable bonds is 6. The van der Waals surface area contributed by atoms with Crippen LogP contribution in [0.25, 0.3) is 0 Å². The van der Waals surface area contributed by atoms with Crippen molar-refractivity contribution in [1.82, 2.24) is 9.80 Å². The summed E-state index contributed by atoms with van der Waals surface area (Å²) in [6.45, 7) is 12.1. The quantitative estimate of drug-likeness (QED) is 0.687. The van der Waals surface area contributed by atoms with Gasteiger partial charge in [0.25, 0.3) is 0 Å². The summed E-state index contributed by atoms with van der Waals surface area (Å²) < 4.78 is 0. The van der Waals surface area contributed by atoms with Crippen molar-refractivity contribution in [3.8, 4) is 0 Å². The van der Waals surface area contributed by atoms with Gasteiger partial charge in [0, 0.05) is 12.6 Å². The molecule has 0 saturated carbocycles. The van der Waals surface area contributed by atoms with E-state index in [0.29, 0.717) is 6.04 Å². The number of hydrogen-bond acceptors (Lipinski definition) is 2. The van der Waals surface area contributed by atoms with Gasteiger partial charge in [-0.15, -0.1) is 0 Å². The van der Waals surface area contributed by atoms with Gasteiger partial charge < -0.3 is 9.80 Å². The molecule has 0 spiro atoms. The Morgan fingerprint density at radius 3 is 2.75 bits per heavy atom. The highest BCUT2D eigenvalue weighted by Crippen LogP contribution is 2.20. The standard InChI is InChI=1S/C14H30N2/c1-5-9-16-10-6-7-14(12-16)8-11-15(4)13(2)3/h13-14H,5-12H2,1-4H3. The lowest BCUT2D eigenvalue weighted by Gasteiger charge is -2.33. The molecular weight excluding hydrogens is 196 g/mol. The summed E-state index contributed by atoms with van der Waals surface area (Å²) in [5.41, 5.74) is 0. The fourth-order valence-electron chi connectivity index (χ4n) is 2.55. The Balaban J connectivity index is 2.21. The van der Waals surface area contributed by atoms with Crippen LogP contribution in [-0.2, 0) is 0 Å². The number of piperidine rings is 1. The predicted molar refractivity (Wildman–Crippen MR) is 71.8 cm³/mol. The molecule has 0 amide bonds. The third-order valence-corrected chi connectivity index (χ3v) is 3.91. The van der Waals surface area contributed by atoms with E-state index in [2.05, 4.69) is 37.6 Å². The van der Waals surface area contributed by atoms with E-state index in [1.807, 2.05) is 0 Å². The second kappa shape index (κ2) is 7.29. The summed E-state index contributed by atoms with van der Waals surface area (Å²) in [5.74, 6) is 0.946. The van der Waals surface area contributed by atoms with E-state index in [1.165, 1.54) is 51.9 Å². The van der Waals surface area contributed by atoms with Crippen LogP contribution >= 0.6 is 0 Å². The fraction of sp³-hybridized carbons (Fsp3) is 1.00. The van der Waals surface area contributed by atoms with E-state index >= 15 is 0 Å². The molecule has 1 fully saturated rings. The Bertz CT molecular complexity index is 178. The molecule has 1 unspecified atom stereocenters. The molecule has 0 radical (unpaired) electrons. The van der Waals surface area contributed by atoms with Crippen molar-refractivity contribution in [2.24, 2.45) is 5.92 Å². The van der Waals surface area contributed by atoms with Crippen molar-refractivity contribution >= 4 is 0 Å². The van der Waals surface area contributed by atoms with E-state index in [4.69, 9.17) is 0 Å². The molecule has 1 rings (SSSR count). The molecule has 0 aromatic carbocycles. The zero-order valence-electron chi connectivity index (χ0n) is 11.7. The summed E-state index contributed by atoms with van der Waals surface area (Å²) in [7, 11) is 2.25. The van der Waals surface area contributed by atoms with Crippen molar-refractivity contribution < 1.29 is 0 Å². The van der Waals surface area contributed by atoms with Crippen molar-refractivity contribution in [3.05, 3.63) is 0 Å². The van der Waals surface area contributed by atoms with E-state index in [0.717, 1.165) is 5.92 Å². The summed E-state index contributed by atoms with van der Waals surface area (Å²) in [4.78, 5) is 5.13. The first kappa shape index (κ1) is 14.0. The van der Waals surface area contributed by atoms with Crippen LogP contribution in [0.2, 0.25) is 0 Å². The smallest absolute Gasteiger partial charge is 0.00355 e. The van der Waals surface area contributed by atoms with Gasteiger partial charge in [-0.2, -0.15) is 0 Å². The predicted octanol–water partition coefficient (Wildman–Crippen LogP) is 2.84. The molecule has 0 aromatic heterocycles.